The van der Waals surface area contributed by atoms with Crippen molar-refractivity contribution in [3.8, 4) is 11.3 Å². The molecule has 2 aromatic heterocycles. The van der Waals surface area contributed by atoms with Gasteiger partial charge in [0, 0.05) is 5.56 Å². The highest BCUT2D eigenvalue weighted by Gasteiger charge is 2.35. The molecule has 1 aromatic carbocycles. The lowest BCUT2D eigenvalue weighted by atomic mass is 10.1. The van der Waals surface area contributed by atoms with E-state index in [1.165, 1.54) is 0 Å². The van der Waals surface area contributed by atoms with Crippen LogP contribution in [0, 0.1) is 0 Å². The standard InChI is InChI=1S/C11H6F3N5/c12-11(13,14)9-6-8(7-4-2-1-3-5-7)15-10-16-17-18-19(9)10/h1-6H. The summed E-state index contributed by atoms with van der Waals surface area (Å²) in [6.07, 6.45) is -4.56. The highest BCUT2D eigenvalue weighted by atomic mass is 19.4. The highest BCUT2D eigenvalue weighted by molar-refractivity contribution is 5.61. The van der Waals surface area contributed by atoms with Crippen LogP contribution in [0.15, 0.2) is 36.4 Å². The molecule has 3 rings (SSSR count). The monoisotopic (exact) mass is 265 g/mol. The minimum absolute atomic E-state index is 0.176. The topological polar surface area (TPSA) is 56.0 Å². The normalized spacial score (nSPS) is 11.9. The van der Waals surface area contributed by atoms with Gasteiger partial charge in [0.15, 0.2) is 5.69 Å². The van der Waals surface area contributed by atoms with Crippen LogP contribution in [0.2, 0.25) is 0 Å². The van der Waals surface area contributed by atoms with Gasteiger partial charge in [0.05, 0.1) is 5.69 Å². The zero-order valence-electron chi connectivity index (χ0n) is 9.33. The maximum Gasteiger partial charge on any atom is 0.433 e. The minimum Gasteiger partial charge on any atom is -0.210 e. The number of alkyl halides is 3. The van der Waals surface area contributed by atoms with Crippen LogP contribution in [-0.4, -0.2) is 25.0 Å². The number of nitrogens with zero attached hydrogens (tertiary/aromatic N) is 5. The molecule has 0 bridgehead atoms. The molecule has 0 saturated carbocycles. The van der Waals surface area contributed by atoms with Gasteiger partial charge in [0.2, 0.25) is 0 Å². The predicted molar refractivity (Wildman–Crippen MR) is 59.0 cm³/mol. The van der Waals surface area contributed by atoms with E-state index in [0.29, 0.717) is 10.1 Å². The molecule has 0 unspecified atom stereocenters. The third-order valence-corrected chi connectivity index (χ3v) is 2.54. The second-order valence-corrected chi connectivity index (χ2v) is 3.78. The molecule has 0 aliphatic heterocycles. The third kappa shape index (κ3) is 2.01. The Hall–Kier alpha value is -2.51. The molecule has 5 nitrogen and oxygen atoms in total. The van der Waals surface area contributed by atoms with Gasteiger partial charge < -0.3 is 0 Å². The van der Waals surface area contributed by atoms with Crippen molar-refractivity contribution in [2.24, 2.45) is 0 Å². The van der Waals surface area contributed by atoms with Crippen LogP contribution in [0.1, 0.15) is 5.69 Å². The first-order valence-corrected chi connectivity index (χ1v) is 5.27. The lowest BCUT2D eigenvalue weighted by Gasteiger charge is -2.09. The first kappa shape index (κ1) is 11.6. The minimum atomic E-state index is -4.56. The average molecular weight is 265 g/mol. The van der Waals surface area contributed by atoms with Crippen molar-refractivity contribution in [1.82, 2.24) is 25.0 Å². The van der Waals surface area contributed by atoms with Gasteiger partial charge in [0.25, 0.3) is 5.78 Å². The molecule has 0 aliphatic rings. The maximum absolute atomic E-state index is 12.9. The largest absolute Gasteiger partial charge is 0.433 e. The van der Waals surface area contributed by atoms with Crippen molar-refractivity contribution in [2.75, 3.05) is 0 Å². The summed E-state index contributed by atoms with van der Waals surface area (Å²) in [6.45, 7) is 0. The molecule has 0 atom stereocenters. The fourth-order valence-electron chi connectivity index (χ4n) is 1.70. The van der Waals surface area contributed by atoms with Crippen molar-refractivity contribution in [2.45, 2.75) is 6.18 Å². The average Bonchev–Trinajstić information content (AvgIpc) is 2.85. The van der Waals surface area contributed by atoms with E-state index in [-0.39, 0.29) is 11.5 Å². The summed E-state index contributed by atoms with van der Waals surface area (Å²) in [5.74, 6) is -0.186. The molecular weight excluding hydrogens is 259 g/mol. The van der Waals surface area contributed by atoms with Crippen LogP contribution < -0.4 is 0 Å². The van der Waals surface area contributed by atoms with E-state index in [4.69, 9.17) is 0 Å². The van der Waals surface area contributed by atoms with Gasteiger partial charge >= 0.3 is 6.18 Å². The Bertz CT molecular complexity index is 720. The third-order valence-electron chi connectivity index (χ3n) is 2.54. The van der Waals surface area contributed by atoms with E-state index in [1.54, 1.807) is 30.3 Å². The van der Waals surface area contributed by atoms with Crippen molar-refractivity contribution >= 4 is 5.78 Å². The second kappa shape index (κ2) is 4.01. The summed E-state index contributed by atoms with van der Waals surface area (Å²) in [6, 6.07) is 9.47. The molecule has 0 fully saturated rings. The molecule has 0 saturated heterocycles. The molecule has 0 N–H and O–H groups in total. The van der Waals surface area contributed by atoms with Crippen LogP contribution in [0.4, 0.5) is 13.2 Å². The smallest absolute Gasteiger partial charge is 0.210 e. The zero-order chi connectivity index (χ0) is 13.5. The van der Waals surface area contributed by atoms with Gasteiger partial charge in [-0.2, -0.15) is 17.7 Å². The number of fused-ring (bicyclic) bond motifs is 1. The fraction of sp³-hybridized carbons (Fsp3) is 0.0909. The van der Waals surface area contributed by atoms with E-state index in [9.17, 15) is 13.2 Å². The number of hydrogen-bond acceptors (Lipinski definition) is 4. The quantitative estimate of drug-likeness (QED) is 0.677. The molecule has 2 heterocycles. The Kier molecular flexibility index (Phi) is 2.44. The molecule has 96 valence electrons. The van der Waals surface area contributed by atoms with Gasteiger partial charge in [-0.25, -0.2) is 4.98 Å². The number of halogens is 3. The first-order chi connectivity index (χ1) is 9.05. The van der Waals surface area contributed by atoms with Crippen LogP contribution >= 0.6 is 0 Å². The second-order valence-electron chi connectivity index (χ2n) is 3.78. The number of tetrazole rings is 1. The zero-order valence-corrected chi connectivity index (χ0v) is 9.33. The molecule has 0 amide bonds. The van der Waals surface area contributed by atoms with E-state index in [1.807, 2.05) is 0 Å². The van der Waals surface area contributed by atoms with Crippen molar-refractivity contribution < 1.29 is 13.2 Å². The van der Waals surface area contributed by atoms with Crippen molar-refractivity contribution in [1.29, 1.82) is 0 Å². The van der Waals surface area contributed by atoms with Gasteiger partial charge in [0.1, 0.15) is 0 Å². The Labute approximate surface area is 104 Å². The van der Waals surface area contributed by atoms with Crippen molar-refractivity contribution in [3.63, 3.8) is 0 Å². The number of hydrogen-bond donors (Lipinski definition) is 0. The highest BCUT2D eigenvalue weighted by Crippen LogP contribution is 2.31. The van der Waals surface area contributed by atoms with Gasteiger partial charge in [-0.3, -0.25) is 0 Å². The SMILES string of the molecule is FC(F)(F)c1cc(-c2ccccc2)nc2nnnn12. The molecule has 0 aliphatic carbocycles. The summed E-state index contributed by atoms with van der Waals surface area (Å²) in [5.41, 5.74) is -0.213. The van der Waals surface area contributed by atoms with Gasteiger partial charge in [-0.05, 0) is 16.5 Å². The molecule has 19 heavy (non-hydrogen) atoms. The summed E-state index contributed by atoms with van der Waals surface area (Å²) in [7, 11) is 0. The van der Waals surface area contributed by atoms with E-state index < -0.39 is 11.9 Å². The van der Waals surface area contributed by atoms with Crippen molar-refractivity contribution in [3.05, 3.63) is 42.1 Å². The molecule has 0 spiro atoms. The Morgan fingerprint density at radius 3 is 2.47 bits per heavy atom. The summed E-state index contributed by atoms with van der Waals surface area (Å²) >= 11 is 0. The number of aromatic nitrogens is 5. The Morgan fingerprint density at radius 2 is 1.79 bits per heavy atom. The van der Waals surface area contributed by atoms with Crippen LogP contribution in [-0.2, 0) is 6.18 Å². The van der Waals surface area contributed by atoms with Gasteiger partial charge in [-0.1, -0.05) is 35.4 Å². The Morgan fingerprint density at radius 1 is 1.05 bits per heavy atom. The predicted octanol–water partition coefficient (Wildman–Crippen LogP) is 2.21. The number of rotatable bonds is 1. The lowest BCUT2D eigenvalue weighted by Crippen LogP contribution is -2.13. The molecule has 8 heteroatoms. The summed E-state index contributed by atoms with van der Waals surface area (Å²) in [4.78, 5) is 4.01. The summed E-state index contributed by atoms with van der Waals surface area (Å²) in [5, 5.41) is 9.97. The molecular formula is C11H6F3N5. The fourth-order valence-corrected chi connectivity index (χ4v) is 1.70. The molecule has 0 radical (unpaired) electrons. The van der Waals surface area contributed by atoms with Crippen LogP contribution in [0.5, 0.6) is 0 Å². The molecule has 3 aromatic rings. The number of benzene rings is 1. The Balaban J connectivity index is 2.28. The van der Waals surface area contributed by atoms with Crippen LogP contribution in [0.25, 0.3) is 17.0 Å². The van der Waals surface area contributed by atoms with E-state index in [0.717, 1.165) is 6.07 Å². The van der Waals surface area contributed by atoms with Crippen LogP contribution in [0.3, 0.4) is 0 Å². The van der Waals surface area contributed by atoms with E-state index in [2.05, 4.69) is 20.5 Å². The lowest BCUT2D eigenvalue weighted by molar-refractivity contribution is -0.142. The maximum atomic E-state index is 12.9. The summed E-state index contributed by atoms with van der Waals surface area (Å²) < 4.78 is 39.4. The van der Waals surface area contributed by atoms with Gasteiger partial charge in [-0.15, -0.1) is 0 Å². The van der Waals surface area contributed by atoms with E-state index >= 15 is 0 Å². The first-order valence-electron chi connectivity index (χ1n) is 5.27.